The summed E-state index contributed by atoms with van der Waals surface area (Å²) >= 11 is 0. The van der Waals surface area contributed by atoms with Crippen LogP contribution in [-0.2, 0) is 16.0 Å². The van der Waals surface area contributed by atoms with Crippen LogP contribution in [0.4, 0.5) is 20.5 Å². The zero-order valence-electron chi connectivity index (χ0n) is 24.5. The van der Waals surface area contributed by atoms with Crippen LogP contribution in [0.2, 0.25) is 0 Å². The minimum Gasteiger partial charge on any atom is -0.378 e. The summed E-state index contributed by atoms with van der Waals surface area (Å²) in [6, 6.07) is 18.4. The third-order valence-electron chi connectivity index (χ3n) is 8.52. The molecule has 2 aromatic heterocycles. The smallest absolute Gasteiger partial charge is 0.296 e. The minimum absolute atomic E-state index is 0.113. The molecule has 1 N–H and O–H groups in total. The number of carbonyl (C=O) groups is 1. The lowest BCUT2D eigenvalue weighted by atomic mass is 9.82. The van der Waals surface area contributed by atoms with Crippen LogP contribution in [0.5, 0.6) is 0 Å². The number of anilines is 2. The maximum absolute atomic E-state index is 14.2. The van der Waals surface area contributed by atoms with E-state index in [1.807, 2.05) is 12.1 Å². The Bertz CT molecular complexity index is 1640. The topological polar surface area (TPSA) is 109 Å². The van der Waals surface area contributed by atoms with Gasteiger partial charge in [0.25, 0.3) is 6.43 Å². The number of alkyl halides is 2. The van der Waals surface area contributed by atoms with E-state index >= 15 is 0 Å². The molecule has 3 heterocycles. The number of carbonyl (C=O) groups excluding carboxylic acids is 1. The van der Waals surface area contributed by atoms with Gasteiger partial charge in [-0.15, -0.1) is 0 Å². The number of Topliss-reactive ketones (excluding diaryl/α,β-unsaturated/α-hetero) is 1. The van der Waals surface area contributed by atoms with Crippen molar-refractivity contribution in [3.8, 4) is 11.9 Å². The van der Waals surface area contributed by atoms with E-state index in [9.17, 15) is 13.6 Å². The summed E-state index contributed by atoms with van der Waals surface area (Å²) in [5.74, 6) is 1.63. The van der Waals surface area contributed by atoms with E-state index in [4.69, 9.17) is 20.0 Å². The van der Waals surface area contributed by atoms with Crippen LogP contribution in [0.3, 0.4) is 0 Å². The number of rotatable bonds is 10. The number of aromatic nitrogens is 4. The number of hydrogen-bond donors (Lipinski definition) is 1. The molecule has 0 bridgehead atoms. The molecule has 1 aliphatic heterocycles. The second kappa shape index (κ2) is 13.5. The molecule has 0 unspecified atom stereocenters. The van der Waals surface area contributed by atoms with Gasteiger partial charge in [0.15, 0.2) is 5.82 Å². The zero-order chi connectivity index (χ0) is 30.5. The van der Waals surface area contributed by atoms with E-state index in [1.54, 1.807) is 42.5 Å². The number of aryl methyl sites for hydroxylation is 1. The molecule has 1 aliphatic carbocycles. The number of fused-ring (bicyclic) bond motifs is 1. The standard InChI is InChI=1S/C33H35F2N7O2/c34-31(35)32-38-27-3-1-2-4-28(27)42(32)30-20-29(41-15-17-44-18-16-41)39-33(40-30)37-25-12-9-23(10-13-25)19-26(43)14-11-22-5-7-24(21-36)8-6-22/h1-8,20,23,25,31H,9-19H2,(H,37,39,40). The molecular weight excluding hydrogens is 564 g/mol. The lowest BCUT2D eigenvalue weighted by Gasteiger charge is -2.30. The first kappa shape index (κ1) is 29.6. The molecular formula is C33H35F2N7O2. The Balaban J connectivity index is 1.14. The molecule has 4 aromatic rings. The Labute approximate surface area is 254 Å². The molecule has 1 saturated carbocycles. The lowest BCUT2D eigenvalue weighted by molar-refractivity contribution is -0.120. The number of hydrogen-bond acceptors (Lipinski definition) is 8. The Hall–Kier alpha value is -4.43. The SMILES string of the molecule is N#Cc1ccc(CCC(=O)CC2CCC(Nc3nc(N4CCOCC4)cc(-n4c(C(F)F)nc5ccccc54)n3)CC2)cc1. The molecule has 1 saturated heterocycles. The summed E-state index contributed by atoms with van der Waals surface area (Å²) in [4.78, 5) is 28.5. The molecule has 228 valence electrons. The average Bonchev–Trinajstić information content (AvgIpc) is 3.46. The van der Waals surface area contributed by atoms with Crippen LogP contribution in [-0.4, -0.2) is 57.6 Å². The van der Waals surface area contributed by atoms with Gasteiger partial charge in [0.1, 0.15) is 17.4 Å². The van der Waals surface area contributed by atoms with Gasteiger partial charge in [0, 0.05) is 38.0 Å². The number of halogens is 2. The fraction of sp³-hybridized carbons (Fsp3) is 0.424. The minimum atomic E-state index is -2.78. The van der Waals surface area contributed by atoms with E-state index in [1.165, 1.54) is 4.57 Å². The third kappa shape index (κ3) is 6.86. The second-order valence-corrected chi connectivity index (χ2v) is 11.5. The Morgan fingerprint density at radius 2 is 1.73 bits per heavy atom. The van der Waals surface area contributed by atoms with Gasteiger partial charge in [-0.3, -0.25) is 9.36 Å². The summed E-state index contributed by atoms with van der Waals surface area (Å²) in [5, 5.41) is 12.4. The first-order chi connectivity index (χ1) is 21.5. The van der Waals surface area contributed by atoms with Crippen LogP contribution in [0, 0.1) is 17.2 Å². The highest BCUT2D eigenvalue weighted by molar-refractivity contribution is 5.79. The highest BCUT2D eigenvalue weighted by Gasteiger charge is 2.26. The van der Waals surface area contributed by atoms with Crippen molar-refractivity contribution in [2.24, 2.45) is 5.92 Å². The van der Waals surface area contributed by atoms with E-state index in [-0.39, 0.29) is 17.6 Å². The van der Waals surface area contributed by atoms with E-state index in [0.717, 1.165) is 31.2 Å². The molecule has 9 nitrogen and oxygen atoms in total. The Morgan fingerprint density at radius 3 is 2.45 bits per heavy atom. The number of imidazole rings is 1. The van der Waals surface area contributed by atoms with Crippen LogP contribution >= 0.6 is 0 Å². The van der Waals surface area contributed by atoms with Crippen molar-refractivity contribution < 1.29 is 18.3 Å². The van der Waals surface area contributed by atoms with Crippen LogP contribution in [0.15, 0.2) is 54.6 Å². The molecule has 2 aromatic carbocycles. The molecule has 11 heteroatoms. The highest BCUT2D eigenvalue weighted by atomic mass is 19.3. The third-order valence-corrected chi connectivity index (χ3v) is 8.52. The summed E-state index contributed by atoms with van der Waals surface area (Å²) in [6.07, 6.45) is 2.53. The molecule has 2 aliphatic rings. The van der Waals surface area contributed by atoms with Gasteiger partial charge in [-0.05, 0) is 67.9 Å². The van der Waals surface area contributed by atoms with Crippen molar-refractivity contribution in [3.05, 3.63) is 71.5 Å². The number of nitrogens with one attached hydrogen (secondary N) is 1. The monoisotopic (exact) mass is 599 g/mol. The number of nitrogens with zero attached hydrogens (tertiary/aromatic N) is 6. The fourth-order valence-electron chi connectivity index (χ4n) is 6.13. The second-order valence-electron chi connectivity index (χ2n) is 11.5. The summed E-state index contributed by atoms with van der Waals surface area (Å²) < 4.78 is 35.3. The predicted molar refractivity (Wildman–Crippen MR) is 163 cm³/mol. The van der Waals surface area contributed by atoms with Gasteiger partial charge in [-0.1, -0.05) is 24.3 Å². The number of benzene rings is 2. The van der Waals surface area contributed by atoms with Crippen LogP contribution in [0.1, 0.15) is 61.9 Å². The Kier molecular flexibility index (Phi) is 9.07. The maximum Gasteiger partial charge on any atom is 0.296 e. The van der Waals surface area contributed by atoms with Crippen molar-refractivity contribution in [2.45, 2.75) is 57.4 Å². The summed E-state index contributed by atoms with van der Waals surface area (Å²) in [5.41, 5.74) is 2.72. The first-order valence-corrected chi connectivity index (χ1v) is 15.2. The predicted octanol–water partition coefficient (Wildman–Crippen LogP) is 6.02. The Morgan fingerprint density at radius 1 is 1.00 bits per heavy atom. The first-order valence-electron chi connectivity index (χ1n) is 15.2. The van der Waals surface area contributed by atoms with Crippen molar-refractivity contribution in [3.63, 3.8) is 0 Å². The van der Waals surface area contributed by atoms with Gasteiger partial charge >= 0.3 is 0 Å². The van der Waals surface area contributed by atoms with E-state index in [2.05, 4.69) is 21.3 Å². The normalized spacial score (nSPS) is 18.8. The van der Waals surface area contributed by atoms with Crippen LogP contribution in [0.25, 0.3) is 16.9 Å². The maximum atomic E-state index is 14.2. The highest BCUT2D eigenvalue weighted by Crippen LogP contribution is 2.32. The number of morpholine rings is 1. The van der Waals surface area contributed by atoms with Crippen LogP contribution < -0.4 is 10.2 Å². The van der Waals surface area contributed by atoms with Crippen molar-refractivity contribution in [2.75, 3.05) is 36.5 Å². The molecule has 2 fully saturated rings. The van der Waals surface area contributed by atoms with Crippen molar-refractivity contribution in [1.82, 2.24) is 19.5 Å². The van der Waals surface area contributed by atoms with Gasteiger partial charge in [0.2, 0.25) is 5.95 Å². The van der Waals surface area contributed by atoms with Gasteiger partial charge in [-0.25, -0.2) is 13.8 Å². The molecule has 0 radical (unpaired) electrons. The largest absolute Gasteiger partial charge is 0.378 e. The molecule has 0 spiro atoms. The summed E-state index contributed by atoms with van der Waals surface area (Å²) in [6.45, 7) is 2.42. The summed E-state index contributed by atoms with van der Waals surface area (Å²) in [7, 11) is 0. The molecule has 0 atom stereocenters. The average molecular weight is 600 g/mol. The molecule has 44 heavy (non-hydrogen) atoms. The molecule has 0 amide bonds. The number of ether oxygens (including phenoxy) is 1. The zero-order valence-corrected chi connectivity index (χ0v) is 24.5. The van der Waals surface area contributed by atoms with E-state index < -0.39 is 6.43 Å². The van der Waals surface area contributed by atoms with Crippen molar-refractivity contribution in [1.29, 1.82) is 5.26 Å². The van der Waals surface area contributed by atoms with E-state index in [0.29, 0.717) is 85.7 Å². The fourth-order valence-corrected chi connectivity index (χ4v) is 6.13. The number of ketones is 1. The number of nitriles is 1. The van der Waals surface area contributed by atoms with Crippen molar-refractivity contribution >= 4 is 28.6 Å². The lowest BCUT2D eigenvalue weighted by Crippen LogP contribution is -2.37. The molecule has 6 rings (SSSR count). The quantitative estimate of drug-likeness (QED) is 0.236. The van der Waals surface area contributed by atoms with Gasteiger partial charge in [0.05, 0.1) is 35.9 Å². The van der Waals surface area contributed by atoms with Gasteiger partial charge in [-0.2, -0.15) is 15.2 Å². The number of para-hydroxylation sites is 2. The van der Waals surface area contributed by atoms with Gasteiger partial charge < -0.3 is 15.0 Å².